The highest BCUT2D eigenvalue weighted by Gasteiger charge is 2.30. The molecule has 0 saturated heterocycles. The van der Waals surface area contributed by atoms with E-state index in [0.717, 1.165) is 121 Å². The summed E-state index contributed by atoms with van der Waals surface area (Å²) in [5.74, 6) is 0.238. The van der Waals surface area contributed by atoms with Gasteiger partial charge in [0.05, 0.1) is 26.4 Å². The summed E-state index contributed by atoms with van der Waals surface area (Å²) in [4.78, 5) is 73.0. The smallest absolute Gasteiger partial charge is 0.462 e. The Bertz CT molecular complexity index is 2060. The van der Waals surface area contributed by atoms with Gasteiger partial charge in [0.2, 0.25) is 0 Å². The van der Waals surface area contributed by atoms with Crippen LogP contribution in [0.1, 0.15) is 402 Å². The van der Waals surface area contributed by atoms with Crippen LogP contribution >= 0.6 is 15.6 Å². The second kappa shape index (κ2) is 71.8. The number of hydrogen-bond acceptors (Lipinski definition) is 15. The molecule has 0 rings (SSSR count). The minimum absolute atomic E-state index is 0.0847. The van der Waals surface area contributed by atoms with Crippen LogP contribution in [0.4, 0.5) is 0 Å². The van der Waals surface area contributed by atoms with E-state index in [9.17, 15) is 43.2 Å². The van der Waals surface area contributed by atoms with Crippen LogP contribution in [0.5, 0.6) is 0 Å². The third kappa shape index (κ3) is 72.9. The number of aliphatic hydroxyl groups excluding tert-OH is 1. The van der Waals surface area contributed by atoms with Crippen molar-refractivity contribution in [1.29, 1.82) is 0 Å². The van der Waals surface area contributed by atoms with Crippen molar-refractivity contribution in [3.8, 4) is 0 Å². The molecular formula is C82H156O17P2. The maximum Gasteiger partial charge on any atom is 0.472 e. The normalized spacial score (nSPS) is 14.6. The lowest BCUT2D eigenvalue weighted by molar-refractivity contribution is -0.161. The van der Waals surface area contributed by atoms with Gasteiger partial charge >= 0.3 is 39.5 Å². The van der Waals surface area contributed by atoms with Crippen LogP contribution in [0.3, 0.4) is 0 Å². The second-order valence-electron chi connectivity index (χ2n) is 29.8. The highest BCUT2D eigenvalue weighted by atomic mass is 31.2. The molecule has 0 amide bonds. The van der Waals surface area contributed by atoms with Crippen molar-refractivity contribution in [1.82, 2.24) is 0 Å². The Morgan fingerprint density at radius 1 is 0.327 bits per heavy atom. The third-order valence-electron chi connectivity index (χ3n) is 19.2. The molecule has 0 aliphatic carbocycles. The molecule has 596 valence electrons. The van der Waals surface area contributed by atoms with Gasteiger partial charge in [0.15, 0.2) is 12.2 Å². The molecule has 0 radical (unpaired) electrons. The summed E-state index contributed by atoms with van der Waals surface area (Å²) in [5, 5.41) is 10.6. The summed E-state index contributed by atoms with van der Waals surface area (Å²) >= 11 is 0. The molecule has 0 aromatic carbocycles. The van der Waals surface area contributed by atoms with Crippen LogP contribution in [-0.2, 0) is 65.4 Å². The molecule has 0 aliphatic heterocycles. The highest BCUT2D eigenvalue weighted by molar-refractivity contribution is 7.47. The van der Waals surface area contributed by atoms with Crippen LogP contribution in [0, 0.1) is 17.8 Å². The van der Waals surface area contributed by atoms with Gasteiger partial charge in [-0.1, -0.05) is 349 Å². The summed E-state index contributed by atoms with van der Waals surface area (Å²) < 4.78 is 68.7. The lowest BCUT2D eigenvalue weighted by Gasteiger charge is -2.21. The van der Waals surface area contributed by atoms with Gasteiger partial charge in [-0.05, 0) is 69.1 Å². The predicted molar refractivity (Wildman–Crippen MR) is 414 cm³/mol. The van der Waals surface area contributed by atoms with Crippen molar-refractivity contribution in [2.75, 3.05) is 39.6 Å². The molecule has 0 fully saturated rings. The van der Waals surface area contributed by atoms with Gasteiger partial charge < -0.3 is 33.8 Å². The van der Waals surface area contributed by atoms with E-state index in [4.69, 9.17) is 37.0 Å². The van der Waals surface area contributed by atoms with Crippen molar-refractivity contribution in [2.24, 2.45) is 17.8 Å². The monoisotopic (exact) mass is 1480 g/mol. The number of phosphoric ester groups is 2. The van der Waals surface area contributed by atoms with Gasteiger partial charge in [-0.25, -0.2) is 9.13 Å². The van der Waals surface area contributed by atoms with Crippen LogP contribution < -0.4 is 0 Å². The van der Waals surface area contributed by atoms with Gasteiger partial charge in [-0.3, -0.25) is 37.3 Å². The van der Waals surface area contributed by atoms with Gasteiger partial charge in [-0.2, -0.15) is 0 Å². The fourth-order valence-corrected chi connectivity index (χ4v) is 13.6. The Balaban J connectivity index is 5.23. The Hall–Kier alpha value is -2.46. The van der Waals surface area contributed by atoms with E-state index in [0.29, 0.717) is 31.6 Å². The zero-order chi connectivity index (χ0) is 74.4. The van der Waals surface area contributed by atoms with Crippen molar-refractivity contribution in [3.05, 3.63) is 24.3 Å². The minimum Gasteiger partial charge on any atom is -0.462 e. The van der Waals surface area contributed by atoms with Crippen molar-refractivity contribution < 1.29 is 80.2 Å². The number of carbonyl (C=O) groups is 4. The van der Waals surface area contributed by atoms with E-state index < -0.39 is 97.5 Å². The lowest BCUT2D eigenvalue weighted by Crippen LogP contribution is -2.30. The lowest BCUT2D eigenvalue weighted by atomic mass is 9.99. The molecule has 3 N–H and O–H groups in total. The number of hydrogen-bond donors (Lipinski definition) is 3. The maximum absolute atomic E-state index is 13.1. The molecule has 0 saturated carbocycles. The van der Waals surface area contributed by atoms with Crippen LogP contribution in [0.2, 0.25) is 0 Å². The topological polar surface area (TPSA) is 237 Å². The van der Waals surface area contributed by atoms with Crippen molar-refractivity contribution >= 4 is 39.5 Å². The van der Waals surface area contributed by atoms with Gasteiger partial charge in [0.1, 0.15) is 19.3 Å². The van der Waals surface area contributed by atoms with Crippen LogP contribution in [-0.4, -0.2) is 96.7 Å². The van der Waals surface area contributed by atoms with Gasteiger partial charge in [-0.15, -0.1) is 0 Å². The first-order chi connectivity index (χ1) is 48.8. The number of esters is 4. The number of unbranched alkanes of at least 4 members (excludes halogenated alkanes) is 41. The van der Waals surface area contributed by atoms with Gasteiger partial charge in [0, 0.05) is 25.7 Å². The number of phosphoric acid groups is 2. The molecular weight excluding hydrogens is 1320 g/mol. The van der Waals surface area contributed by atoms with Crippen molar-refractivity contribution in [2.45, 2.75) is 420 Å². The van der Waals surface area contributed by atoms with Gasteiger partial charge in [0.25, 0.3) is 0 Å². The third-order valence-corrected chi connectivity index (χ3v) is 21.1. The molecule has 5 unspecified atom stereocenters. The number of ether oxygens (including phenoxy) is 4. The summed E-state index contributed by atoms with van der Waals surface area (Å²) in [6, 6.07) is 0. The Morgan fingerprint density at radius 3 is 0.881 bits per heavy atom. The fraction of sp³-hybridized carbons (Fsp3) is 0.902. The molecule has 0 bridgehead atoms. The number of rotatable bonds is 78. The summed E-state index contributed by atoms with van der Waals surface area (Å²) in [5.41, 5.74) is 0. The summed E-state index contributed by atoms with van der Waals surface area (Å²) in [6.45, 7) is 11.9. The Morgan fingerprint density at radius 2 is 0.584 bits per heavy atom. The van der Waals surface area contributed by atoms with Crippen LogP contribution in [0.15, 0.2) is 24.3 Å². The zero-order valence-electron chi connectivity index (χ0n) is 65.9. The molecule has 0 aliphatic rings. The van der Waals surface area contributed by atoms with Crippen LogP contribution in [0.25, 0.3) is 0 Å². The van der Waals surface area contributed by atoms with Crippen molar-refractivity contribution in [3.63, 3.8) is 0 Å². The first-order valence-corrected chi connectivity index (χ1v) is 44.7. The molecule has 19 heteroatoms. The molecule has 0 aromatic heterocycles. The molecule has 17 nitrogen and oxygen atoms in total. The highest BCUT2D eigenvalue weighted by Crippen LogP contribution is 2.45. The Kier molecular flexibility index (Phi) is 70.0. The van der Waals surface area contributed by atoms with E-state index in [-0.39, 0.29) is 25.7 Å². The first kappa shape index (κ1) is 98.5. The largest absolute Gasteiger partial charge is 0.472 e. The second-order valence-corrected chi connectivity index (χ2v) is 32.7. The zero-order valence-corrected chi connectivity index (χ0v) is 67.6. The summed E-state index contributed by atoms with van der Waals surface area (Å²) in [7, 11) is -9.93. The SMILES string of the molecule is CCCCCC/C=C\C=C/CCCCCCCC(=O)O[C@H](COC(=O)CCCCCCCCCCCCC(C)CC)COP(=O)(O)OCC(O)COP(=O)(O)OC[C@@H](COC(=O)CCCCCCCCCC(C)C)OC(=O)CCCCCCCCCCCCCCCCCCCCC(C)CC. The van der Waals surface area contributed by atoms with E-state index in [2.05, 4.69) is 72.8 Å². The number of carbonyl (C=O) groups excluding carboxylic acids is 4. The fourth-order valence-electron chi connectivity index (χ4n) is 12.1. The number of allylic oxidation sites excluding steroid dienone is 4. The minimum atomic E-state index is -4.97. The predicted octanol–water partition coefficient (Wildman–Crippen LogP) is 24.1. The van der Waals surface area contributed by atoms with E-state index in [1.807, 2.05) is 0 Å². The first-order valence-electron chi connectivity index (χ1n) is 41.7. The summed E-state index contributed by atoms with van der Waals surface area (Å²) in [6.07, 6.45) is 63.3. The number of aliphatic hydroxyl groups is 1. The molecule has 0 aromatic rings. The quantitative estimate of drug-likeness (QED) is 0.0169. The molecule has 7 atom stereocenters. The standard InChI is InChI=1S/C82H156O17P2/c1-8-11-12-13-14-15-16-17-22-26-29-36-43-51-58-65-81(86)98-77(69-92-79(84)63-56-49-42-35-32-31-34-41-48-55-62-75(7)10-3)71-96-100(88,89)94-67-76(83)68-95-101(90,91)97-72-78(70-93-80(85)64-57-50-45-38-39-46-53-60-73(4)5)99-82(87)66-59-52-44-37-30-27-24-21-19-18-20-23-25-28-33-40-47-54-61-74(6)9-2/h15-17,22,73-78,83H,8-14,18-21,23-72H2,1-7H3,(H,88,89)(H,90,91)/b16-15-,22-17-/t74?,75?,76?,77-,78-/m1/s1. The average Bonchev–Trinajstić information content (AvgIpc) is 0.921. The van der Waals surface area contributed by atoms with E-state index >= 15 is 0 Å². The molecule has 0 heterocycles. The average molecular weight is 1480 g/mol. The Labute approximate surface area is 618 Å². The maximum atomic E-state index is 13.1. The van der Waals surface area contributed by atoms with E-state index in [1.165, 1.54) is 193 Å². The van der Waals surface area contributed by atoms with E-state index in [1.54, 1.807) is 0 Å². The molecule has 101 heavy (non-hydrogen) atoms. The molecule has 0 spiro atoms.